The molecule has 3 heterocycles. The molecule has 1 N–H and O–H groups in total. The van der Waals surface area contributed by atoms with Crippen LogP contribution in [0.2, 0.25) is 0 Å². The minimum Gasteiger partial charge on any atom is -0.486 e. The Labute approximate surface area is 192 Å². The second-order valence-corrected chi connectivity index (χ2v) is 9.68. The number of ether oxygens (including phenoxy) is 2. The largest absolute Gasteiger partial charge is 0.486 e. The van der Waals surface area contributed by atoms with Crippen molar-refractivity contribution in [3.8, 4) is 11.5 Å². The molecule has 1 fully saturated rings. The molecule has 0 unspecified atom stereocenters. The van der Waals surface area contributed by atoms with E-state index in [2.05, 4.69) is 5.32 Å². The Morgan fingerprint density at radius 3 is 2.48 bits per heavy atom. The molecular formula is C22H27N3O7S. The molecule has 0 radical (unpaired) electrons. The van der Waals surface area contributed by atoms with Gasteiger partial charge in [0.2, 0.25) is 11.0 Å². The molecular weight excluding hydrogens is 450 g/mol. The van der Waals surface area contributed by atoms with E-state index in [1.807, 2.05) is 0 Å². The van der Waals surface area contributed by atoms with Crippen LogP contribution in [0.5, 0.6) is 11.5 Å². The Bertz CT molecular complexity index is 1120. The van der Waals surface area contributed by atoms with Crippen LogP contribution in [0.25, 0.3) is 0 Å². The summed E-state index contributed by atoms with van der Waals surface area (Å²) >= 11 is 0. The number of sulfonamides is 1. The lowest BCUT2D eigenvalue weighted by molar-refractivity contribution is -0.116. The van der Waals surface area contributed by atoms with Gasteiger partial charge in [-0.05, 0) is 44.0 Å². The summed E-state index contributed by atoms with van der Waals surface area (Å²) in [5.74, 6) is 0.0577. The van der Waals surface area contributed by atoms with E-state index in [1.165, 1.54) is 21.3 Å². The lowest BCUT2D eigenvalue weighted by Crippen LogP contribution is -2.37. The number of nitrogens with zero attached hydrogens (tertiary/aromatic N) is 2. The number of hydrogen-bond acceptors (Lipinski definition) is 7. The van der Waals surface area contributed by atoms with Crippen LogP contribution >= 0.6 is 0 Å². The van der Waals surface area contributed by atoms with E-state index in [4.69, 9.17) is 13.9 Å². The third-order valence-electron chi connectivity index (χ3n) is 5.53. The molecule has 33 heavy (non-hydrogen) atoms. The van der Waals surface area contributed by atoms with Crippen molar-refractivity contribution in [1.29, 1.82) is 0 Å². The number of benzene rings is 1. The summed E-state index contributed by atoms with van der Waals surface area (Å²) < 4.78 is 43.3. The second kappa shape index (κ2) is 9.84. The van der Waals surface area contributed by atoms with Crippen molar-refractivity contribution in [2.75, 3.05) is 44.7 Å². The molecule has 1 saturated heterocycles. The zero-order valence-electron chi connectivity index (χ0n) is 18.4. The first-order chi connectivity index (χ1) is 15.9. The fourth-order valence-electron chi connectivity index (χ4n) is 3.78. The van der Waals surface area contributed by atoms with Gasteiger partial charge in [-0.2, -0.15) is 4.31 Å². The normalized spacial score (nSPS) is 16.3. The quantitative estimate of drug-likeness (QED) is 0.650. The molecule has 0 aliphatic carbocycles. The minimum atomic E-state index is -3.78. The molecule has 10 nitrogen and oxygen atoms in total. The molecule has 4 rings (SSSR count). The molecule has 0 spiro atoms. The van der Waals surface area contributed by atoms with Gasteiger partial charge in [0.05, 0.1) is 0 Å². The Hall–Kier alpha value is -3.05. The van der Waals surface area contributed by atoms with Crippen LogP contribution in [0.15, 0.2) is 39.8 Å². The van der Waals surface area contributed by atoms with Gasteiger partial charge in [0.25, 0.3) is 15.9 Å². The Morgan fingerprint density at radius 1 is 1.03 bits per heavy atom. The number of nitrogens with one attached hydrogen (secondary N) is 1. The number of piperidine rings is 1. The zero-order chi connectivity index (χ0) is 23.4. The first kappa shape index (κ1) is 23.1. The highest BCUT2D eigenvalue weighted by Gasteiger charge is 2.30. The molecule has 11 heteroatoms. The number of carbonyl (C=O) groups excluding carboxylic acids is 2. The first-order valence-electron chi connectivity index (χ1n) is 11.0. The number of anilines is 1. The highest BCUT2D eigenvalue weighted by Crippen LogP contribution is 2.32. The predicted molar refractivity (Wildman–Crippen MR) is 119 cm³/mol. The smallest absolute Gasteiger partial charge is 0.290 e. The minimum absolute atomic E-state index is 0.125. The standard InChI is InChI=1S/C22H27N3O7S/c1-2-24(15-20(26)23-16-6-7-17-19(14-16)31-13-12-30-17)22(27)18-8-9-21(32-18)33(28,29)25-10-4-3-5-11-25/h6-9,14H,2-5,10-13,15H2,1H3,(H,23,26). The third kappa shape index (κ3) is 5.14. The van der Waals surface area contributed by atoms with Gasteiger partial charge in [-0.15, -0.1) is 0 Å². The van der Waals surface area contributed by atoms with Crippen LogP contribution < -0.4 is 14.8 Å². The number of hydrogen-bond donors (Lipinski definition) is 1. The molecule has 2 aliphatic heterocycles. The van der Waals surface area contributed by atoms with Crippen molar-refractivity contribution in [2.45, 2.75) is 31.3 Å². The summed E-state index contributed by atoms with van der Waals surface area (Å²) in [5, 5.41) is 2.47. The molecule has 1 aromatic heterocycles. The maximum absolute atomic E-state index is 12.9. The summed E-state index contributed by atoms with van der Waals surface area (Å²) in [4.78, 5) is 26.7. The van der Waals surface area contributed by atoms with Crippen LogP contribution in [-0.4, -0.2) is 68.8 Å². The topological polar surface area (TPSA) is 118 Å². The highest BCUT2D eigenvalue weighted by molar-refractivity contribution is 7.89. The molecule has 178 valence electrons. The highest BCUT2D eigenvalue weighted by atomic mass is 32.2. The summed E-state index contributed by atoms with van der Waals surface area (Å²) in [7, 11) is -3.78. The van der Waals surface area contributed by atoms with Gasteiger partial charge in [0.15, 0.2) is 17.3 Å². The van der Waals surface area contributed by atoms with E-state index < -0.39 is 21.8 Å². The lowest BCUT2D eigenvalue weighted by Gasteiger charge is -2.24. The van der Waals surface area contributed by atoms with Gasteiger partial charge in [-0.25, -0.2) is 8.42 Å². The summed E-state index contributed by atoms with van der Waals surface area (Å²) in [5.41, 5.74) is 0.515. The number of carbonyl (C=O) groups is 2. The van der Waals surface area contributed by atoms with E-state index in [0.29, 0.717) is 43.5 Å². The SMILES string of the molecule is CCN(CC(=O)Nc1ccc2c(c1)OCCO2)C(=O)c1ccc(S(=O)(=O)N2CCCCC2)o1. The third-order valence-corrected chi connectivity index (χ3v) is 7.30. The lowest BCUT2D eigenvalue weighted by atomic mass is 10.2. The Balaban J connectivity index is 1.40. The van der Waals surface area contributed by atoms with Crippen molar-refractivity contribution in [3.63, 3.8) is 0 Å². The Kier molecular flexibility index (Phi) is 6.89. The monoisotopic (exact) mass is 477 g/mol. The van der Waals surface area contributed by atoms with Gasteiger partial charge in [0.1, 0.15) is 19.8 Å². The number of rotatable bonds is 7. The number of fused-ring (bicyclic) bond motifs is 1. The molecule has 2 amide bonds. The van der Waals surface area contributed by atoms with Crippen molar-refractivity contribution < 1.29 is 31.9 Å². The summed E-state index contributed by atoms with van der Waals surface area (Å²) in [6.07, 6.45) is 2.59. The molecule has 0 atom stereocenters. The van der Waals surface area contributed by atoms with Crippen molar-refractivity contribution in [2.24, 2.45) is 0 Å². The van der Waals surface area contributed by atoms with Crippen LogP contribution in [0.1, 0.15) is 36.7 Å². The van der Waals surface area contributed by atoms with Crippen LogP contribution in [0, 0.1) is 0 Å². The molecule has 2 aliphatic rings. The van der Waals surface area contributed by atoms with Gasteiger partial charge in [-0.3, -0.25) is 9.59 Å². The van der Waals surface area contributed by atoms with Gasteiger partial charge >= 0.3 is 0 Å². The van der Waals surface area contributed by atoms with E-state index in [1.54, 1.807) is 25.1 Å². The molecule has 1 aromatic carbocycles. The van der Waals surface area contributed by atoms with Crippen LogP contribution in [0.3, 0.4) is 0 Å². The molecule has 2 aromatic rings. The average molecular weight is 478 g/mol. The van der Waals surface area contributed by atoms with Crippen LogP contribution in [0.4, 0.5) is 5.69 Å². The number of furan rings is 1. The summed E-state index contributed by atoms with van der Waals surface area (Å²) in [6, 6.07) is 7.68. The first-order valence-corrected chi connectivity index (χ1v) is 12.4. The zero-order valence-corrected chi connectivity index (χ0v) is 19.2. The van der Waals surface area contributed by atoms with E-state index >= 15 is 0 Å². The maximum Gasteiger partial charge on any atom is 0.290 e. The van der Waals surface area contributed by atoms with Gasteiger partial charge < -0.3 is 24.1 Å². The van der Waals surface area contributed by atoms with E-state index in [0.717, 1.165) is 19.3 Å². The van der Waals surface area contributed by atoms with Crippen LogP contribution in [-0.2, 0) is 14.8 Å². The average Bonchev–Trinajstić information content (AvgIpc) is 3.34. The second-order valence-electron chi connectivity index (χ2n) is 7.81. The van der Waals surface area contributed by atoms with Gasteiger partial charge in [-0.1, -0.05) is 6.42 Å². The van der Waals surface area contributed by atoms with Gasteiger partial charge in [0, 0.05) is 31.4 Å². The Morgan fingerprint density at radius 2 is 1.76 bits per heavy atom. The number of amides is 2. The number of likely N-dealkylation sites (N-methyl/N-ethyl adjacent to an activating group) is 1. The predicted octanol–water partition coefficient (Wildman–Crippen LogP) is 2.33. The fraction of sp³-hybridized carbons (Fsp3) is 0.455. The van der Waals surface area contributed by atoms with Crippen molar-refractivity contribution in [3.05, 3.63) is 36.1 Å². The molecule has 0 saturated carbocycles. The fourth-order valence-corrected chi connectivity index (χ4v) is 5.21. The molecule has 0 bridgehead atoms. The van der Waals surface area contributed by atoms with Crippen molar-refractivity contribution >= 4 is 27.5 Å². The van der Waals surface area contributed by atoms with E-state index in [9.17, 15) is 18.0 Å². The van der Waals surface area contributed by atoms with Crippen molar-refractivity contribution in [1.82, 2.24) is 9.21 Å². The summed E-state index contributed by atoms with van der Waals surface area (Å²) in [6.45, 7) is 3.52. The van der Waals surface area contributed by atoms with E-state index in [-0.39, 0.29) is 23.9 Å². The maximum atomic E-state index is 12.9.